The molecule has 0 aromatic heterocycles. The van der Waals surface area contributed by atoms with Crippen molar-refractivity contribution < 1.29 is 64.6 Å². The van der Waals surface area contributed by atoms with Crippen molar-refractivity contribution in [1.82, 2.24) is 5.32 Å². The number of hydrogen-bond acceptors (Lipinski definition) is 13. The minimum Gasteiger partial charge on any atom is -0.394 e. The SMILES string of the molecule is CC/C=C\C/C=C\C/C=C\C/C=C\C/C=C\C/C=C\C/C=C\C/C=C\C/C=C\C/C=C\C/C=C\CCCCCCCCCC(=O)NC(COC1OC(CO)C(OC2OC(CO)C(O)C(O)C2O)C(O)C1O)C(O)CCCCCC. The van der Waals surface area contributed by atoms with Crippen LogP contribution in [0.15, 0.2) is 134 Å². The minimum atomic E-state index is -1.79. The number of allylic oxidation sites excluding steroid dienone is 22. The fraction of sp³-hybridized carbons (Fsp3) is 0.646. The van der Waals surface area contributed by atoms with Crippen molar-refractivity contribution in [2.45, 2.75) is 248 Å². The maximum absolute atomic E-state index is 13.1. The molecule has 0 aromatic carbocycles. The Labute approximate surface area is 475 Å². The van der Waals surface area contributed by atoms with Crippen molar-refractivity contribution in [3.63, 3.8) is 0 Å². The zero-order valence-electron chi connectivity index (χ0n) is 48.0. The maximum Gasteiger partial charge on any atom is 0.220 e. The number of hydrogen-bond donors (Lipinski definition) is 9. The first kappa shape index (κ1) is 71.2. The van der Waals surface area contributed by atoms with Crippen molar-refractivity contribution in [3.05, 3.63) is 134 Å². The fourth-order valence-electron chi connectivity index (χ4n) is 8.83. The predicted octanol–water partition coefficient (Wildman–Crippen LogP) is 10.4. The van der Waals surface area contributed by atoms with Crippen LogP contribution in [0.25, 0.3) is 0 Å². The summed E-state index contributed by atoms with van der Waals surface area (Å²) in [7, 11) is 0. The molecule has 2 heterocycles. The Morgan fingerprint density at radius 1 is 0.468 bits per heavy atom. The van der Waals surface area contributed by atoms with E-state index in [2.05, 4.69) is 153 Å². The Morgan fingerprint density at radius 2 is 0.873 bits per heavy atom. The van der Waals surface area contributed by atoms with Crippen molar-refractivity contribution >= 4 is 5.91 Å². The molecular weight excluding hydrogens is 1000 g/mol. The van der Waals surface area contributed by atoms with Gasteiger partial charge in [-0.1, -0.05) is 205 Å². The second-order valence-electron chi connectivity index (χ2n) is 20.4. The Balaban J connectivity index is 1.53. The third kappa shape index (κ3) is 34.2. The van der Waals surface area contributed by atoms with Gasteiger partial charge in [-0.05, 0) is 96.3 Å². The van der Waals surface area contributed by atoms with Gasteiger partial charge < -0.3 is 65.1 Å². The lowest BCUT2D eigenvalue weighted by Gasteiger charge is -2.46. The molecule has 0 bridgehead atoms. The van der Waals surface area contributed by atoms with Crippen LogP contribution in [0.4, 0.5) is 0 Å². The van der Waals surface area contributed by atoms with Gasteiger partial charge in [-0.25, -0.2) is 0 Å². The zero-order chi connectivity index (χ0) is 57.4. The fourth-order valence-corrected chi connectivity index (χ4v) is 8.83. The topological polar surface area (TPSA) is 228 Å². The second-order valence-corrected chi connectivity index (χ2v) is 20.4. The quantitative estimate of drug-likeness (QED) is 0.0205. The van der Waals surface area contributed by atoms with E-state index in [1.54, 1.807) is 0 Å². The molecular formula is C65H105NO13. The number of ether oxygens (including phenoxy) is 4. The Bertz CT molecular complexity index is 1830. The third-order valence-corrected chi connectivity index (χ3v) is 13.6. The molecule has 2 saturated heterocycles. The van der Waals surface area contributed by atoms with Crippen LogP contribution in [0, 0.1) is 0 Å². The van der Waals surface area contributed by atoms with E-state index in [9.17, 15) is 45.6 Å². The first-order chi connectivity index (χ1) is 38.6. The molecule has 12 unspecified atom stereocenters. The average molecular weight is 1110 g/mol. The average Bonchev–Trinajstić information content (AvgIpc) is 3.45. The summed E-state index contributed by atoms with van der Waals surface area (Å²) < 4.78 is 22.6. The summed E-state index contributed by atoms with van der Waals surface area (Å²) in [5.74, 6) is -0.234. The van der Waals surface area contributed by atoms with Crippen LogP contribution in [0.3, 0.4) is 0 Å². The number of aliphatic hydroxyl groups is 8. The molecule has 1 amide bonds. The van der Waals surface area contributed by atoms with Crippen LogP contribution in [-0.4, -0.2) is 140 Å². The molecule has 0 aromatic rings. The molecule has 2 aliphatic heterocycles. The molecule has 0 saturated carbocycles. The lowest BCUT2D eigenvalue weighted by atomic mass is 9.97. The van der Waals surface area contributed by atoms with E-state index in [1.165, 1.54) is 6.42 Å². The summed E-state index contributed by atoms with van der Waals surface area (Å²) in [6.07, 6.45) is 55.6. The number of amides is 1. The van der Waals surface area contributed by atoms with Crippen molar-refractivity contribution in [2.75, 3.05) is 19.8 Å². The van der Waals surface area contributed by atoms with Gasteiger partial charge in [-0.2, -0.15) is 0 Å². The van der Waals surface area contributed by atoms with Gasteiger partial charge in [0, 0.05) is 6.42 Å². The summed E-state index contributed by atoms with van der Waals surface area (Å²) in [6.45, 7) is 2.56. The van der Waals surface area contributed by atoms with Gasteiger partial charge in [-0.3, -0.25) is 4.79 Å². The number of rotatable bonds is 45. The molecule has 12 atom stereocenters. The summed E-state index contributed by atoms with van der Waals surface area (Å²) in [4.78, 5) is 13.1. The van der Waals surface area contributed by atoms with Gasteiger partial charge in [-0.15, -0.1) is 0 Å². The number of carbonyl (C=O) groups is 1. The van der Waals surface area contributed by atoms with Crippen LogP contribution in [-0.2, 0) is 23.7 Å². The lowest BCUT2D eigenvalue weighted by molar-refractivity contribution is -0.359. The number of carbonyl (C=O) groups excluding carboxylic acids is 1. The highest BCUT2D eigenvalue weighted by Crippen LogP contribution is 2.30. The Kier molecular flexibility index (Phi) is 44.0. The predicted molar refractivity (Wildman–Crippen MR) is 318 cm³/mol. The highest BCUT2D eigenvalue weighted by Gasteiger charge is 2.51. The Hall–Kier alpha value is -3.87. The molecule has 448 valence electrons. The largest absolute Gasteiger partial charge is 0.394 e. The lowest BCUT2D eigenvalue weighted by Crippen LogP contribution is -2.65. The number of aliphatic hydroxyl groups excluding tert-OH is 8. The molecule has 0 spiro atoms. The van der Waals surface area contributed by atoms with Crippen molar-refractivity contribution in [2.24, 2.45) is 0 Å². The van der Waals surface area contributed by atoms with Gasteiger partial charge >= 0.3 is 0 Å². The highest BCUT2D eigenvalue weighted by atomic mass is 16.7. The third-order valence-electron chi connectivity index (χ3n) is 13.6. The van der Waals surface area contributed by atoms with Crippen LogP contribution < -0.4 is 5.32 Å². The monoisotopic (exact) mass is 1110 g/mol. The molecule has 2 fully saturated rings. The Morgan fingerprint density at radius 3 is 1.33 bits per heavy atom. The van der Waals surface area contributed by atoms with E-state index >= 15 is 0 Å². The first-order valence-electron chi connectivity index (χ1n) is 29.9. The molecule has 14 heteroatoms. The van der Waals surface area contributed by atoms with Crippen LogP contribution in [0.1, 0.15) is 174 Å². The highest BCUT2D eigenvalue weighted by molar-refractivity contribution is 5.76. The summed E-state index contributed by atoms with van der Waals surface area (Å²) in [5.41, 5.74) is 0. The minimum absolute atomic E-state index is 0.234. The molecule has 9 N–H and O–H groups in total. The first-order valence-corrected chi connectivity index (χ1v) is 29.9. The molecule has 0 radical (unpaired) electrons. The van der Waals surface area contributed by atoms with E-state index in [0.29, 0.717) is 12.8 Å². The van der Waals surface area contributed by atoms with Crippen molar-refractivity contribution in [3.8, 4) is 0 Å². The van der Waals surface area contributed by atoms with Crippen LogP contribution in [0.2, 0.25) is 0 Å². The molecule has 0 aliphatic carbocycles. The summed E-state index contributed by atoms with van der Waals surface area (Å²) in [5, 5.41) is 86.4. The van der Waals surface area contributed by atoms with E-state index in [-0.39, 0.29) is 18.9 Å². The van der Waals surface area contributed by atoms with Crippen LogP contribution >= 0.6 is 0 Å². The molecule has 2 rings (SSSR count). The molecule has 14 nitrogen and oxygen atoms in total. The van der Waals surface area contributed by atoms with Gasteiger partial charge in [0.2, 0.25) is 5.91 Å². The normalized spacial score (nSPS) is 25.4. The van der Waals surface area contributed by atoms with Gasteiger partial charge in [0.1, 0.15) is 48.8 Å². The van der Waals surface area contributed by atoms with Gasteiger partial charge in [0.05, 0.1) is 32.0 Å². The van der Waals surface area contributed by atoms with E-state index in [1.807, 2.05) is 0 Å². The summed E-state index contributed by atoms with van der Waals surface area (Å²) >= 11 is 0. The summed E-state index contributed by atoms with van der Waals surface area (Å²) in [6, 6.07) is -0.839. The van der Waals surface area contributed by atoms with Gasteiger partial charge in [0.25, 0.3) is 0 Å². The van der Waals surface area contributed by atoms with Gasteiger partial charge in [0.15, 0.2) is 12.6 Å². The maximum atomic E-state index is 13.1. The number of nitrogens with one attached hydrogen (secondary N) is 1. The molecule has 2 aliphatic rings. The van der Waals surface area contributed by atoms with Crippen molar-refractivity contribution in [1.29, 1.82) is 0 Å². The van der Waals surface area contributed by atoms with Crippen LogP contribution in [0.5, 0.6) is 0 Å². The molecule has 79 heavy (non-hydrogen) atoms. The van der Waals surface area contributed by atoms with E-state index < -0.39 is 86.8 Å². The zero-order valence-corrected chi connectivity index (χ0v) is 48.0. The van der Waals surface area contributed by atoms with E-state index in [4.69, 9.17) is 18.9 Å². The smallest absolute Gasteiger partial charge is 0.220 e. The standard InChI is InChI=1S/C65H105NO13/c1-3-5-7-9-10-11-12-13-14-15-16-17-18-19-20-21-22-23-24-25-26-27-28-29-30-31-32-33-34-35-36-37-38-39-40-41-42-43-44-45-47-49-57(70)66-53(54(69)48-46-8-6-4-2)52-76-64-62(75)60(73)63(56(51-68)78-64)79-65-61(74)59(72)58(71)55(50-67)77-65/h5,7,10-11,13-14,16-17,19-20,22-23,25-26,28-29,31-32,34-35,37-38,53-56,58-65,67-69,71-75H,3-4,6,8-9,12,15,18,21,24,27,30,33,36,39-52H2,1-2H3,(H,66,70)/b7-5-,11-10-,14-13-,17-16-,20-19-,23-22-,26-25-,29-28-,32-31-,35-34-,38-37-. The number of unbranched alkanes of at least 4 members (excludes halogenated alkanes) is 10. The second kappa shape index (κ2) is 48.8. The van der Waals surface area contributed by atoms with E-state index in [0.717, 1.165) is 135 Å².